The number of sulfone groups is 1. The Morgan fingerprint density at radius 3 is 2.55 bits per heavy atom. The van der Waals surface area contributed by atoms with Crippen molar-refractivity contribution in [3.8, 4) is 15.4 Å². The summed E-state index contributed by atoms with van der Waals surface area (Å²) < 4.78 is 31.2. The van der Waals surface area contributed by atoms with Crippen LogP contribution in [0.4, 0.5) is 0 Å². The van der Waals surface area contributed by atoms with Gasteiger partial charge in [-0.25, -0.2) is 13.4 Å². The van der Waals surface area contributed by atoms with Crippen LogP contribution in [0.5, 0.6) is 0 Å². The summed E-state index contributed by atoms with van der Waals surface area (Å²) in [6, 6.07) is 9.38. The number of aryl methyl sites for hydroxylation is 2. The predicted molar refractivity (Wildman–Crippen MR) is 115 cm³/mol. The van der Waals surface area contributed by atoms with Gasteiger partial charge in [0.15, 0.2) is 9.84 Å². The molecule has 0 spiro atoms. The number of carbonyl (C=O) groups excluding carboxylic acids is 1. The largest absolute Gasteiger partial charge is 0.466 e. The molecule has 0 unspecified atom stereocenters. The Morgan fingerprint density at radius 1 is 1.17 bits per heavy atom. The SMILES string of the molecule is CCOC(=O)Cc1nc(C)c(C)n1-c1ccc(-c2ccc(C)c(S(C)(=O)=O)c2)s1. The molecule has 0 atom stereocenters. The summed E-state index contributed by atoms with van der Waals surface area (Å²) in [5.74, 6) is 0.319. The number of aromatic nitrogens is 2. The molecule has 0 aliphatic rings. The minimum atomic E-state index is -3.30. The summed E-state index contributed by atoms with van der Waals surface area (Å²) >= 11 is 1.52. The number of benzene rings is 1. The first kappa shape index (κ1) is 21.3. The lowest BCUT2D eigenvalue weighted by atomic mass is 10.1. The molecule has 1 aromatic carbocycles. The molecule has 3 rings (SSSR count). The van der Waals surface area contributed by atoms with E-state index < -0.39 is 9.84 Å². The zero-order valence-electron chi connectivity index (χ0n) is 17.1. The lowest BCUT2D eigenvalue weighted by molar-refractivity contribution is -0.142. The number of esters is 1. The van der Waals surface area contributed by atoms with Crippen LogP contribution in [0.15, 0.2) is 35.2 Å². The van der Waals surface area contributed by atoms with Crippen molar-refractivity contribution in [3.05, 3.63) is 53.1 Å². The number of carbonyl (C=O) groups is 1. The minimum absolute atomic E-state index is 0.0957. The molecule has 0 bridgehead atoms. The number of thiophene rings is 1. The maximum atomic E-state index is 12.1. The summed E-state index contributed by atoms with van der Waals surface area (Å²) in [4.78, 5) is 17.8. The van der Waals surface area contributed by atoms with Crippen LogP contribution < -0.4 is 0 Å². The van der Waals surface area contributed by atoms with Crippen LogP contribution in [-0.2, 0) is 25.8 Å². The van der Waals surface area contributed by atoms with Crippen molar-refractivity contribution in [1.29, 1.82) is 0 Å². The van der Waals surface area contributed by atoms with E-state index in [0.29, 0.717) is 17.3 Å². The van der Waals surface area contributed by atoms with Gasteiger partial charge in [0, 0.05) is 16.8 Å². The quantitative estimate of drug-likeness (QED) is 0.550. The van der Waals surface area contributed by atoms with Crippen LogP contribution in [0.25, 0.3) is 15.4 Å². The zero-order chi connectivity index (χ0) is 21.3. The van der Waals surface area contributed by atoms with E-state index in [4.69, 9.17) is 4.74 Å². The van der Waals surface area contributed by atoms with Gasteiger partial charge in [0.25, 0.3) is 0 Å². The summed E-state index contributed by atoms with van der Waals surface area (Å²) in [7, 11) is -3.30. The van der Waals surface area contributed by atoms with E-state index in [0.717, 1.165) is 32.4 Å². The lowest BCUT2D eigenvalue weighted by Crippen LogP contribution is -2.12. The molecule has 0 fully saturated rings. The van der Waals surface area contributed by atoms with Gasteiger partial charge in [-0.1, -0.05) is 12.1 Å². The summed E-state index contributed by atoms with van der Waals surface area (Å²) in [5.41, 5.74) is 3.38. The van der Waals surface area contributed by atoms with Crippen molar-refractivity contribution >= 4 is 27.1 Å². The molecule has 154 valence electrons. The van der Waals surface area contributed by atoms with Gasteiger partial charge in [-0.2, -0.15) is 0 Å². The first-order chi connectivity index (χ1) is 13.6. The zero-order valence-corrected chi connectivity index (χ0v) is 18.8. The number of ether oxygens (including phenoxy) is 1. The molecular weight excluding hydrogens is 408 g/mol. The fourth-order valence-electron chi connectivity index (χ4n) is 3.19. The molecule has 0 radical (unpaired) electrons. The van der Waals surface area contributed by atoms with Gasteiger partial charge in [0.1, 0.15) is 17.2 Å². The minimum Gasteiger partial charge on any atom is -0.466 e. The Kier molecular flexibility index (Phi) is 5.95. The second-order valence-corrected chi connectivity index (χ2v) is 9.95. The van der Waals surface area contributed by atoms with E-state index in [1.165, 1.54) is 17.6 Å². The Bertz CT molecular complexity index is 1170. The third-order valence-electron chi connectivity index (χ3n) is 4.71. The molecule has 0 amide bonds. The normalized spacial score (nSPS) is 11.6. The number of hydrogen-bond donors (Lipinski definition) is 0. The molecule has 2 aromatic heterocycles. The molecule has 0 aliphatic heterocycles. The van der Waals surface area contributed by atoms with Gasteiger partial charge in [0.05, 0.1) is 17.2 Å². The highest BCUT2D eigenvalue weighted by atomic mass is 32.2. The molecule has 0 saturated heterocycles. The van der Waals surface area contributed by atoms with Crippen molar-refractivity contribution < 1.29 is 17.9 Å². The molecular formula is C21H24N2O4S2. The monoisotopic (exact) mass is 432 g/mol. The Balaban J connectivity index is 2.03. The van der Waals surface area contributed by atoms with Crippen LogP contribution in [-0.4, -0.2) is 36.8 Å². The Hall–Kier alpha value is -2.45. The average molecular weight is 433 g/mol. The van der Waals surface area contributed by atoms with Crippen molar-refractivity contribution in [1.82, 2.24) is 9.55 Å². The van der Waals surface area contributed by atoms with Crippen LogP contribution >= 0.6 is 11.3 Å². The highest BCUT2D eigenvalue weighted by Gasteiger charge is 2.19. The maximum absolute atomic E-state index is 12.1. The molecule has 29 heavy (non-hydrogen) atoms. The molecule has 2 heterocycles. The van der Waals surface area contributed by atoms with Gasteiger partial charge in [0.2, 0.25) is 0 Å². The maximum Gasteiger partial charge on any atom is 0.313 e. The first-order valence-electron chi connectivity index (χ1n) is 9.23. The van der Waals surface area contributed by atoms with Crippen molar-refractivity contribution in [2.75, 3.05) is 12.9 Å². The summed E-state index contributed by atoms with van der Waals surface area (Å²) in [5, 5.41) is 0.916. The predicted octanol–water partition coefficient (Wildman–Crippen LogP) is 4.04. The van der Waals surface area contributed by atoms with Gasteiger partial charge in [-0.05, 0) is 57.0 Å². The Labute approximate surface area is 175 Å². The smallest absolute Gasteiger partial charge is 0.313 e. The van der Waals surface area contributed by atoms with Crippen molar-refractivity contribution in [3.63, 3.8) is 0 Å². The van der Waals surface area contributed by atoms with E-state index in [1.807, 2.05) is 42.7 Å². The van der Waals surface area contributed by atoms with Crippen LogP contribution in [0.2, 0.25) is 0 Å². The molecule has 0 N–H and O–H groups in total. The van der Waals surface area contributed by atoms with Crippen molar-refractivity contribution in [2.24, 2.45) is 0 Å². The van der Waals surface area contributed by atoms with Gasteiger partial charge in [-0.15, -0.1) is 11.3 Å². The third kappa shape index (κ3) is 4.43. The number of rotatable bonds is 6. The van der Waals surface area contributed by atoms with Gasteiger partial charge >= 0.3 is 5.97 Å². The van der Waals surface area contributed by atoms with E-state index in [1.54, 1.807) is 19.9 Å². The molecule has 8 heteroatoms. The number of nitrogens with zero attached hydrogens (tertiary/aromatic N) is 2. The van der Waals surface area contributed by atoms with E-state index in [-0.39, 0.29) is 12.4 Å². The van der Waals surface area contributed by atoms with E-state index in [9.17, 15) is 13.2 Å². The summed E-state index contributed by atoms with van der Waals surface area (Å²) in [6.07, 6.45) is 1.32. The topological polar surface area (TPSA) is 78.3 Å². The van der Waals surface area contributed by atoms with Crippen LogP contribution in [0.1, 0.15) is 29.7 Å². The second kappa shape index (κ2) is 8.12. The molecule has 0 saturated carbocycles. The number of hydrogen-bond acceptors (Lipinski definition) is 6. The number of imidazole rings is 1. The van der Waals surface area contributed by atoms with E-state index >= 15 is 0 Å². The second-order valence-electron chi connectivity index (χ2n) is 6.91. The molecule has 6 nitrogen and oxygen atoms in total. The van der Waals surface area contributed by atoms with Crippen LogP contribution in [0.3, 0.4) is 0 Å². The fourth-order valence-corrected chi connectivity index (χ4v) is 5.26. The van der Waals surface area contributed by atoms with E-state index in [2.05, 4.69) is 4.98 Å². The average Bonchev–Trinajstić information content (AvgIpc) is 3.20. The Morgan fingerprint density at radius 2 is 1.90 bits per heavy atom. The lowest BCUT2D eigenvalue weighted by Gasteiger charge is -2.08. The first-order valence-corrected chi connectivity index (χ1v) is 11.9. The van der Waals surface area contributed by atoms with Gasteiger partial charge in [-0.3, -0.25) is 9.36 Å². The molecule has 0 aliphatic carbocycles. The highest BCUT2D eigenvalue weighted by molar-refractivity contribution is 7.90. The standard InChI is InChI=1S/C21H24N2O4S2/c1-6-27-21(24)12-19-22-14(3)15(4)23(19)20-10-9-17(28-20)16-8-7-13(2)18(11-16)29(5,25)26/h7-11H,6,12H2,1-5H3. The highest BCUT2D eigenvalue weighted by Crippen LogP contribution is 2.34. The third-order valence-corrected chi connectivity index (χ3v) is 7.06. The summed E-state index contributed by atoms with van der Waals surface area (Å²) in [6.45, 7) is 7.77. The van der Waals surface area contributed by atoms with Crippen molar-refractivity contribution in [2.45, 2.75) is 39.0 Å². The fraction of sp³-hybridized carbons (Fsp3) is 0.333. The van der Waals surface area contributed by atoms with Gasteiger partial charge < -0.3 is 4.74 Å². The van der Waals surface area contributed by atoms with Crippen LogP contribution in [0, 0.1) is 20.8 Å². The molecule has 3 aromatic rings.